The summed E-state index contributed by atoms with van der Waals surface area (Å²) in [5, 5.41) is 0. The number of carbonyl (C=O) groups is 1. The average Bonchev–Trinajstić information content (AvgIpc) is 2.43. The topological polar surface area (TPSA) is 55.6 Å². The molecule has 23 heavy (non-hydrogen) atoms. The van der Waals surface area contributed by atoms with E-state index in [1.54, 1.807) is 11.9 Å². The van der Waals surface area contributed by atoms with Crippen LogP contribution in [0.4, 0.5) is 0 Å². The number of ether oxygens (including phenoxy) is 1. The van der Waals surface area contributed by atoms with Crippen molar-refractivity contribution in [3.05, 3.63) is 29.3 Å². The van der Waals surface area contributed by atoms with Crippen molar-refractivity contribution < 1.29 is 9.53 Å². The molecule has 4 nitrogen and oxygen atoms in total. The molecule has 2 N–H and O–H groups in total. The van der Waals surface area contributed by atoms with Crippen molar-refractivity contribution in [2.75, 3.05) is 26.7 Å². The van der Waals surface area contributed by atoms with Gasteiger partial charge in [0.05, 0.1) is 0 Å². The zero-order chi connectivity index (χ0) is 16.9. The van der Waals surface area contributed by atoms with E-state index >= 15 is 0 Å². The van der Waals surface area contributed by atoms with Gasteiger partial charge < -0.3 is 15.4 Å². The first kappa shape index (κ1) is 21.7. The number of carbonyl (C=O) groups excluding carboxylic acids is 1. The van der Waals surface area contributed by atoms with E-state index in [2.05, 4.69) is 39.8 Å². The van der Waals surface area contributed by atoms with Crippen LogP contribution in [0.3, 0.4) is 0 Å². The molecule has 0 radical (unpaired) electrons. The monoisotopic (exact) mass is 342 g/mol. The van der Waals surface area contributed by atoms with Crippen LogP contribution in [0.1, 0.15) is 44.7 Å². The third kappa shape index (κ3) is 6.80. The normalized spacial score (nSPS) is 11.1. The molecule has 132 valence electrons. The number of aryl methyl sites for hydroxylation is 1. The van der Waals surface area contributed by atoms with Gasteiger partial charge in [0.1, 0.15) is 5.75 Å². The van der Waals surface area contributed by atoms with Crippen LogP contribution in [0.15, 0.2) is 18.2 Å². The van der Waals surface area contributed by atoms with E-state index in [0.717, 1.165) is 16.9 Å². The van der Waals surface area contributed by atoms with Gasteiger partial charge in [-0.15, -0.1) is 12.4 Å². The Morgan fingerprint density at radius 2 is 1.96 bits per heavy atom. The fourth-order valence-corrected chi connectivity index (χ4v) is 2.29. The summed E-state index contributed by atoms with van der Waals surface area (Å²) in [5.41, 5.74) is 7.89. The first-order valence-electron chi connectivity index (χ1n) is 7.83. The average molecular weight is 343 g/mol. The van der Waals surface area contributed by atoms with E-state index in [9.17, 15) is 4.79 Å². The third-order valence-corrected chi connectivity index (χ3v) is 3.79. The van der Waals surface area contributed by atoms with Gasteiger partial charge in [-0.2, -0.15) is 0 Å². The second-order valence-corrected chi connectivity index (χ2v) is 7.10. The Morgan fingerprint density at radius 1 is 1.35 bits per heavy atom. The van der Waals surface area contributed by atoms with Gasteiger partial charge in [0.15, 0.2) is 6.61 Å². The van der Waals surface area contributed by atoms with Crippen LogP contribution < -0.4 is 10.5 Å². The van der Waals surface area contributed by atoms with Crippen molar-refractivity contribution in [3.8, 4) is 5.75 Å². The predicted octanol–water partition coefficient (Wildman–Crippen LogP) is 3.36. The number of likely N-dealkylation sites (N-methyl/N-ethyl adjacent to an activating group) is 1. The van der Waals surface area contributed by atoms with Gasteiger partial charge >= 0.3 is 0 Å². The van der Waals surface area contributed by atoms with Gasteiger partial charge in [-0.3, -0.25) is 4.79 Å². The largest absolute Gasteiger partial charge is 0.483 e. The molecule has 0 bridgehead atoms. The molecule has 0 unspecified atom stereocenters. The van der Waals surface area contributed by atoms with Gasteiger partial charge in [-0.1, -0.05) is 39.8 Å². The first-order valence-corrected chi connectivity index (χ1v) is 7.83. The highest BCUT2D eigenvalue weighted by Gasteiger charge is 2.21. The molecule has 0 aliphatic carbocycles. The second kappa shape index (κ2) is 9.14. The number of hydrogen-bond acceptors (Lipinski definition) is 3. The summed E-state index contributed by atoms with van der Waals surface area (Å²) >= 11 is 0. The van der Waals surface area contributed by atoms with Crippen LogP contribution in [0.5, 0.6) is 5.75 Å². The molecule has 0 aliphatic heterocycles. The Kier molecular flexibility index (Phi) is 8.64. The third-order valence-electron chi connectivity index (χ3n) is 3.79. The maximum absolute atomic E-state index is 12.2. The Bertz CT molecular complexity index is 516. The minimum Gasteiger partial charge on any atom is -0.483 e. The number of amides is 1. The Morgan fingerprint density at radius 3 is 2.48 bits per heavy atom. The summed E-state index contributed by atoms with van der Waals surface area (Å²) in [6.45, 7) is 11.6. The SMILES string of the molecule is Cc1ccc(C(C)C)c(OCC(=O)N(C)CC(C)(C)CN)c1.Cl. The predicted molar refractivity (Wildman–Crippen MR) is 98.5 cm³/mol. The molecule has 1 aromatic rings. The van der Waals surface area contributed by atoms with Gasteiger partial charge in [0, 0.05) is 13.6 Å². The molecule has 0 atom stereocenters. The van der Waals surface area contributed by atoms with Crippen molar-refractivity contribution >= 4 is 18.3 Å². The maximum atomic E-state index is 12.2. The summed E-state index contributed by atoms with van der Waals surface area (Å²) in [6, 6.07) is 6.13. The molecule has 0 aliphatic rings. The van der Waals surface area contributed by atoms with Gasteiger partial charge in [-0.05, 0) is 42.0 Å². The van der Waals surface area contributed by atoms with Crippen molar-refractivity contribution in [2.24, 2.45) is 11.1 Å². The van der Waals surface area contributed by atoms with E-state index in [4.69, 9.17) is 10.5 Å². The van der Waals surface area contributed by atoms with Crippen LogP contribution in [-0.2, 0) is 4.79 Å². The molecule has 5 heteroatoms. The van der Waals surface area contributed by atoms with Crippen LogP contribution in [0.25, 0.3) is 0 Å². The smallest absolute Gasteiger partial charge is 0.260 e. The lowest BCUT2D eigenvalue weighted by Gasteiger charge is -2.29. The Hall–Kier alpha value is -1.26. The maximum Gasteiger partial charge on any atom is 0.260 e. The highest BCUT2D eigenvalue weighted by Crippen LogP contribution is 2.27. The number of benzene rings is 1. The van der Waals surface area contributed by atoms with Crippen LogP contribution in [-0.4, -0.2) is 37.6 Å². The second-order valence-electron chi connectivity index (χ2n) is 7.10. The van der Waals surface area contributed by atoms with Gasteiger partial charge in [0.2, 0.25) is 0 Å². The Labute approximate surface area is 146 Å². The van der Waals surface area contributed by atoms with Crippen LogP contribution in [0, 0.1) is 12.3 Å². The van der Waals surface area contributed by atoms with Crippen LogP contribution in [0.2, 0.25) is 0 Å². The molecule has 1 aromatic carbocycles. The molecule has 0 heterocycles. The van der Waals surface area contributed by atoms with Gasteiger partial charge in [0.25, 0.3) is 5.91 Å². The molecule has 0 saturated carbocycles. The summed E-state index contributed by atoms with van der Waals surface area (Å²) in [5.74, 6) is 1.13. The molecule has 0 fully saturated rings. The molecular weight excluding hydrogens is 312 g/mol. The minimum atomic E-state index is -0.0865. The summed E-state index contributed by atoms with van der Waals surface area (Å²) in [6.07, 6.45) is 0. The fraction of sp³-hybridized carbons (Fsp3) is 0.611. The highest BCUT2D eigenvalue weighted by molar-refractivity contribution is 5.85. The number of nitrogens with two attached hydrogens (primary N) is 1. The Balaban J connectivity index is 0.00000484. The molecular formula is C18H31ClN2O2. The number of nitrogens with zero attached hydrogens (tertiary/aromatic N) is 1. The van der Waals surface area contributed by atoms with Gasteiger partial charge in [-0.25, -0.2) is 0 Å². The number of hydrogen-bond donors (Lipinski definition) is 1. The molecule has 0 aromatic heterocycles. The number of rotatable bonds is 7. The molecule has 1 amide bonds. The lowest BCUT2D eigenvalue weighted by atomic mass is 9.93. The molecule has 0 saturated heterocycles. The number of halogens is 1. The van der Waals surface area contributed by atoms with E-state index in [-0.39, 0.29) is 30.3 Å². The quantitative estimate of drug-likeness (QED) is 0.826. The molecule has 1 rings (SSSR count). The standard InChI is InChI=1S/C18H30N2O2.ClH/c1-13(2)15-8-7-14(3)9-16(15)22-10-17(21)20(6)12-18(4,5)11-19;/h7-9,13H,10-12,19H2,1-6H3;1H. The summed E-state index contributed by atoms with van der Waals surface area (Å²) in [7, 11) is 1.79. The minimum absolute atomic E-state index is 0. The van der Waals surface area contributed by atoms with Crippen molar-refractivity contribution in [2.45, 2.75) is 40.5 Å². The van der Waals surface area contributed by atoms with E-state index in [1.165, 1.54) is 0 Å². The van der Waals surface area contributed by atoms with E-state index < -0.39 is 0 Å². The fourth-order valence-electron chi connectivity index (χ4n) is 2.29. The first-order chi connectivity index (χ1) is 10.2. The zero-order valence-corrected chi connectivity index (χ0v) is 16.0. The highest BCUT2D eigenvalue weighted by atomic mass is 35.5. The van der Waals surface area contributed by atoms with Crippen LogP contribution >= 0.6 is 12.4 Å². The lowest BCUT2D eigenvalue weighted by Crippen LogP contribution is -2.41. The van der Waals surface area contributed by atoms with E-state index in [1.807, 2.05) is 13.0 Å². The summed E-state index contributed by atoms with van der Waals surface area (Å²) < 4.78 is 5.79. The van der Waals surface area contributed by atoms with Crippen molar-refractivity contribution in [1.82, 2.24) is 4.90 Å². The molecule has 0 spiro atoms. The van der Waals surface area contributed by atoms with Crippen molar-refractivity contribution in [1.29, 1.82) is 0 Å². The zero-order valence-electron chi connectivity index (χ0n) is 15.2. The lowest BCUT2D eigenvalue weighted by molar-refractivity contribution is -0.133. The van der Waals surface area contributed by atoms with Crippen molar-refractivity contribution in [3.63, 3.8) is 0 Å². The summed E-state index contributed by atoms with van der Waals surface area (Å²) in [4.78, 5) is 13.9. The van der Waals surface area contributed by atoms with E-state index in [0.29, 0.717) is 19.0 Å².